The minimum atomic E-state index is -0.546. The van der Waals surface area contributed by atoms with Gasteiger partial charge in [-0.15, -0.1) is 6.58 Å². The van der Waals surface area contributed by atoms with Gasteiger partial charge in [-0.3, -0.25) is 14.5 Å². The number of carbonyl (C=O) groups excluding carboxylic acids is 2. The van der Waals surface area contributed by atoms with Crippen molar-refractivity contribution in [1.29, 1.82) is 0 Å². The van der Waals surface area contributed by atoms with Crippen LogP contribution in [-0.4, -0.2) is 23.8 Å². The first kappa shape index (κ1) is 18.2. The van der Waals surface area contributed by atoms with Crippen molar-refractivity contribution in [3.63, 3.8) is 0 Å². The molecule has 0 aliphatic rings. The van der Waals surface area contributed by atoms with Crippen molar-refractivity contribution in [3.05, 3.63) is 82.4 Å². The SMILES string of the molecule is C=CCC(C(=O)N(C)C(=O)c1ccccc1)c1ccc(Cl)c(Cl)c1. The summed E-state index contributed by atoms with van der Waals surface area (Å²) in [4.78, 5) is 26.4. The molecular weight excluding hydrogens is 345 g/mol. The van der Waals surface area contributed by atoms with Crippen molar-refractivity contribution in [2.45, 2.75) is 12.3 Å². The molecule has 5 heteroatoms. The van der Waals surface area contributed by atoms with E-state index in [0.717, 1.165) is 4.90 Å². The summed E-state index contributed by atoms with van der Waals surface area (Å²) in [7, 11) is 1.48. The largest absolute Gasteiger partial charge is 0.281 e. The standard InChI is InChI=1S/C19H17Cl2NO2/c1-3-7-15(14-10-11-16(20)17(21)12-14)19(24)22(2)18(23)13-8-5-4-6-9-13/h3-6,8-12,15H,1,7H2,2H3. The van der Waals surface area contributed by atoms with Crippen LogP contribution in [0.1, 0.15) is 28.3 Å². The van der Waals surface area contributed by atoms with E-state index in [0.29, 0.717) is 27.6 Å². The Balaban J connectivity index is 2.29. The number of halogens is 2. The van der Waals surface area contributed by atoms with Crippen LogP contribution in [0.2, 0.25) is 10.0 Å². The molecule has 3 nitrogen and oxygen atoms in total. The zero-order valence-corrected chi connectivity index (χ0v) is 14.7. The van der Waals surface area contributed by atoms with Crippen LogP contribution in [0.4, 0.5) is 0 Å². The normalized spacial score (nSPS) is 11.6. The van der Waals surface area contributed by atoms with E-state index in [-0.39, 0.29) is 11.8 Å². The van der Waals surface area contributed by atoms with Crippen molar-refractivity contribution < 1.29 is 9.59 Å². The zero-order valence-electron chi connectivity index (χ0n) is 13.2. The minimum absolute atomic E-state index is 0.317. The fourth-order valence-corrected chi connectivity index (χ4v) is 2.69. The number of allylic oxidation sites excluding steroid dienone is 1. The molecular formula is C19H17Cl2NO2. The van der Waals surface area contributed by atoms with Gasteiger partial charge in [-0.25, -0.2) is 0 Å². The molecule has 0 heterocycles. The molecule has 0 radical (unpaired) electrons. The van der Waals surface area contributed by atoms with Crippen LogP contribution in [0.15, 0.2) is 61.2 Å². The van der Waals surface area contributed by atoms with Crippen LogP contribution in [0.3, 0.4) is 0 Å². The van der Waals surface area contributed by atoms with E-state index in [2.05, 4.69) is 6.58 Å². The van der Waals surface area contributed by atoms with Gasteiger partial charge in [0.05, 0.1) is 16.0 Å². The number of hydrogen-bond acceptors (Lipinski definition) is 2. The Morgan fingerprint density at radius 3 is 2.38 bits per heavy atom. The van der Waals surface area contributed by atoms with Crippen LogP contribution in [0.25, 0.3) is 0 Å². The summed E-state index contributed by atoms with van der Waals surface area (Å²) in [6.07, 6.45) is 2.04. The molecule has 0 aliphatic heterocycles. The number of benzene rings is 2. The van der Waals surface area contributed by atoms with E-state index in [9.17, 15) is 9.59 Å². The summed E-state index contributed by atoms with van der Waals surface area (Å²) in [6.45, 7) is 3.70. The summed E-state index contributed by atoms with van der Waals surface area (Å²) in [6, 6.07) is 13.7. The first-order valence-corrected chi connectivity index (χ1v) is 8.14. The fourth-order valence-electron chi connectivity index (χ4n) is 2.38. The first-order chi connectivity index (χ1) is 11.5. The highest BCUT2D eigenvalue weighted by Crippen LogP contribution is 2.29. The highest BCUT2D eigenvalue weighted by atomic mass is 35.5. The molecule has 0 aliphatic carbocycles. The van der Waals surface area contributed by atoms with E-state index in [4.69, 9.17) is 23.2 Å². The van der Waals surface area contributed by atoms with Crippen LogP contribution in [0, 0.1) is 0 Å². The van der Waals surface area contributed by atoms with Crippen LogP contribution in [-0.2, 0) is 4.79 Å². The van der Waals surface area contributed by atoms with Gasteiger partial charge in [0, 0.05) is 12.6 Å². The quantitative estimate of drug-likeness (QED) is 0.706. The third-order valence-electron chi connectivity index (χ3n) is 3.70. The molecule has 0 bridgehead atoms. The van der Waals surface area contributed by atoms with E-state index in [1.807, 2.05) is 6.07 Å². The highest BCUT2D eigenvalue weighted by molar-refractivity contribution is 6.42. The smallest absolute Gasteiger partial charge is 0.260 e. The molecule has 2 aromatic rings. The minimum Gasteiger partial charge on any atom is -0.281 e. The van der Waals surface area contributed by atoms with Gasteiger partial charge in [0.2, 0.25) is 5.91 Å². The monoisotopic (exact) mass is 361 g/mol. The van der Waals surface area contributed by atoms with Gasteiger partial charge < -0.3 is 0 Å². The molecule has 124 valence electrons. The van der Waals surface area contributed by atoms with Gasteiger partial charge in [0.1, 0.15) is 0 Å². The molecule has 2 rings (SSSR count). The van der Waals surface area contributed by atoms with E-state index in [1.54, 1.807) is 48.5 Å². The molecule has 0 fully saturated rings. The lowest BCUT2D eigenvalue weighted by Crippen LogP contribution is -2.36. The van der Waals surface area contributed by atoms with Gasteiger partial charge in [0.15, 0.2) is 0 Å². The molecule has 1 atom stereocenters. The molecule has 0 saturated heterocycles. The van der Waals surface area contributed by atoms with Gasteiger partial charge in [-0.2, -0.15) is 0 Å². The van der Waals surface area contributed by atoms with Crippen LogP contribution in [0.5, 0.6) is 0 Å². The summed E-state index contributed by atoms with van der Waals surface area (Å²) in [5, 5.41) is 0.784. The number of amides is 2. The van der Waals surface area contributed by atoms with E-state index in [1.165, 1.54) is 7.05 Å². The predicted molar refractivity (Wildman–Crippen MR) is 97.6 cm³/mol. The topological polar surface area (TPSA) is 37.4 Å². The van der Waals surface area contributed by atoms with Gasteiger partial charge in [-0.1, -0.05) is 53.5 Å². The number of imide groups is 1. The average molecular weight is 362 g/mol. The third-order valence-corrected chi connectivity index (χ3v) is 4.44. The highest BCUT2D eigenvalue weighted by Gasteiger charge is 2.27. The van der Waals surface area contributed by atoms with Crippen LogP contribution >= 0.6 is 23.2 Å². The van der Waals surface area contributed by atoms with Crippen molar-refractivity contribution in [2.24, 2.45) is 0 Å². The zero-order chi connectivity index (χ0) is 17.7. The summed E-state index contributed by atoms with van der Waals surface area (Å²) < 4.78 is 0. The Bertz CT molecular complexity index is 759. The number of nitrogens with zero attached hydrogens (tertiary/aromatic N) is 1. The fraction of sp³-hybridized carbons (Fsp3) is 0.158. The van der Waals surface area contributed by atoms with Crippen molar-refractivity contribution in [2.75, 3.05) is 7.05 Å². The summed E-state index contributed by atoms with van der Waals surface area (Å²) in [5.74, 6) is -1.22. The first-order valence-electron chi connectivity index (χ1n) is 7.38. The number of hydrogen-bond donors (Lipinski definition) is 0. The van der Waals surface area contributed by atoms with Crippen molar-refractivity contribution >= 4 is 35.0 Å². The second-order valence-electron chi connectivity index (χ2n) is 5.32. The Labute approximate surface area is 151 Å². The number of likely N-dealkylation sites (N-methyl/N-ethyl adjacent to an activating group) is 1. The molecule has 0 aromatic heterocycles. The van der Waals surface area contributed by atoms with Gasteiger partial charge in [0.25, 0.3) is 5.91 Å². The maximum absolute atomic E-state index is 12.8. The lowest BCUT2D eigenvalue weighted by atomic mass is 9.94. The van der Waals surface area contributed by atoms with E-state index >= 15 is 0 Å². The molecule has 0 saturated carbocycles. The van der Waals surface area contributed by atoms with Gasteiger partial charge >= 0.3 is 0 Å². The molecule has 0 N–H and O–H groups in total. The average Bonchev–Trinajstić information content (AvgIpc) is 2.61. The van der Waals surface area contributed by atoms with Crippen LogP contribution < -0.4 is 0 Å². The second kappa shape index (κ2) is 8.13. The molecule has 0 spiro atoms. The maximum atomic E-state index is 12.8. The van der Waals surface area contributed by atoms with Gasteiger partial charge in [-0.05, 0) is 36.2 Å². The number of rotatable bonds is 5. The lowest BCUT2D eigenvalue weighted by Gasteiger charge is -2.22. The van der Waals surface area contributed by atoms with Crippen molar-refractivity contribution in [3.8, 4) is 0 Å². The predicted octanol–water partition coefficient (Wildman–Crippen LogP) is 4.95. The Morgan fingerprint density at radius 2 is 1.79 bits per heavy atom. The van der Waals surface area contributed by atoms with Crippen molar-refractivity contribution in [1.82, 2.24) is 4.90 Å². The lowest BCUT2D eigenvalue weighted by molar-refractivity contribution is -0.129. The Morgan fingerprint density at radius 1 is 1.12 bits per heavy atom. The third kappa shape index (κ3) is 4.05. The Hall–Kier alpha value is -2.10. The maximum Gasteiger partial charge on any atom is 0.260 e. The molecule has 2 amide bonds. The molecule has 1 unspecified atom stereocenters. The second-order valence-corrected chi connectivity index (χ2v) is 6.13. The van der Waals surface area contributed by atoms with E-state index < -0.39 is 5.92 Å². The number of carbonyl (C=O) groups is 2. The molecule has 24 heavy (non-hydrogen) atoms. The molecule has 2 aromatic carbocycles. The summed E-state index contributed by atoms with van der Waals surface area (Å²) in [5.41, 5.74) is 1.15. The summed E-state index contributed by atoms with van der Waals surface area (Å²) >= 11 is 12.0. The Kier molecular flexibility index (Phi) is 6.18.